The zero-order chi connectivity index (χ0) is 36.6. The highest BCUT2D eigenvalue weighted by molar-refractivity contribution is 5.99. The first-order valence-electron chi connectivity index (χ1n) is 17.7. The average molecular weight is 721 g/mol. The molecule has 0 radical (unpaired) electrons. The second-order valence-electron chi connectivity index (χ2n) is 14.2. The largest absolute Gasteiger partial charge is 0.496 e. The zero-order valence-corrected chi connectivity index (χ0v) is 28.6. The van der Waals surface area contributed by atoms with E-state index < -0.39 is 41.3 Å². The second-order valence-corrected chi connectivity index (χ2v) is 14.2. The fourth-order valence-electron chi connectivity index (χ4n) is 7.74. The van der Waals surface area contributed by atoms with Crippen LogP contribution in [0.15, 0.2) is 78.4 Å². The predicted octanol–water partition coefficient (Wildman–Crippen LogP) is 7.48. The number of anilines is 1. The Morgan fingerprint density at radius 1 is 0.904 bits per heavy atom. The van der Waals surface area contributed by atoms with Crippen LogP contribution < -0.4 is 15.4 Å². The van der Waals surface area contributed by atoms with Gasteiger partial charge in [-0.25, -0.2) is 4.39 Å². The van der Waals surface area contributed by atoms with E-state index in [0.717, 1.165) is 36.5 Å². The number of allylic oxidation sites excluding steroid dienone is 1. The molecule has 0 saturated heterocycles. The fraction of sp³-hybridized carbons (Fsp3) is 0.425. The van der Waals surface area contributed by atoms with Crippen LogP contribution in [0.2, 0.25) is 0 Å². The minimum absolute atomic E-state index is 0.0537. The van der Waals surface area contributed by atoms with Gasteiger partial charge in [-0.1, -0.05) is 48.0 Å². The number of amides is 2. The summed E-state index contributed by atoms with van der Waals surface area (Å²) in [6.45, 7) is 0.774. The van der Waals surface area contributed by atoms with Crippen LogP contribution in [0.1, 0.15) is 59.2 Å². The zero-order valence-electron chi connectivity index (χ0n) is 28.6. The maximum absolute atomic E-state index is 14.0. The van der Waals surface area contributed by atoms with Crippen molar-refractivity contribution in [1.82, 2.24) is 5.32 Å². The Labute approximate surface area is 298 Å². The molecule has 4 saturated carbocycles. The number of hydrogen-bond acceptors (Lipinski definition) is 6. The van der Waals surface area contributed by atoms with Crippen molar-refractivity contribution in [1.29, 1.82) is 0 Å². The SMILES string of the molecule is COc1ccc(COC[C@@H]2C[C@@H]2C(=O)OCc2ccccc2)cc1C(=O)N[C@H]1[C@@H](C(=O)Nc2ccc(F)c(C(F)(F)F)c2)[C@H]2CC[C@@H]1/C2=C\C1CC1. The van der Waals surface area contributed by atoms with Gasteiger partial charge in [-0.15, -0.1) is 0 Å². The number of nitrogens with one attached hydrogen (secondary N) is 2. The number of ether oxygens (including phenoxy) is 3. The Morgan fingerprint density at radius 2 is 1.67 bits per heavy atom. The maximum Gasteiger partial charge on any atom is 0.419 e. The van der Waals surface area contributed by atoms with E-state index in [1.165, 1.54) is 7.11 Å². The molecule has 4 fully saturated rings. The summed E-state index contributed by atoms with van der Waals surface area (Å²) >= 11 is 0. The minimum Gasteiger partial charge on any atom is -0.496 e. The number of benzene rings is 3. The van der Waals surface area contributed by atoms with E-state index in [4.69, 9.17) is 14.2 Å². The summed E-state index contributed by atoms with van der Waals surface area (Å²) in [5.41, 5.74) is 1.36. The molecular weight excluding hydrogens is 680 g/mol. The molecule has 0 heterocycles. The summed E-state index contributed by atoms with van der Waals surface area (Å²) in [5, 5.41) is 5.67. The summed E-state index contributed by atoms with van der Waals surface area (Å²) in [6, 6.07) is 16.4. The van der Waals surface area contributed by atoms with Gasteiger partial charge in [0.05, 0.1) is 43.3 Å². The molecule has 2 bridgehead atoms. The van der Waals surface area contributed by atoms with Crippen LogP contribution in [0.25, 0.3) is 0 Å². The highest BCUT2D eigenvalue weighted by Gasteiger charge is 2.55. The van der Waals surface area contributed by atoms with Gasteiger partial charge in [-0.3, -0.25) is 14.4 Å². The Hall–Kier alpha value is -4.71. The number of carbonyl (C=O) groups is 3. The van der Waals surface area contributed by atoms with Crippen LogP contribution >= 0.6 is 0 Å². The van der Waals surface area contributed by atoms with Gasteiger partial charge < -0.3 is 24.8 Å². The standard InChI is InChI=1S/C40H40F4N2O6/c1-50-34-14-9-24(19-51-21-25-17-29(25)39(49)52-20-23-5-3-2-4-6-23)16-31(34)37(47)46-36-28-12-11-27(30(28)15-22-7-8-22)35(36)38(48)45-26-10-13-33(41)32(18-26)40(42,43)44/h2-6,9-10,13-16,18,22,25,27-29,35-36H,7-8,11-12,17,19-21H2,1H3,(H,45,48)(H,46,47)/b30-15-/t25-,27-,28+,29-,35-,36+/m0/s1. The van der Waals surface area contributed by atoms with Crippen molar-refractivity contribution in [2.45, 2.75) is 57.5 Å². The third-order valence-electron chi connectivity index (χ3n) is 10.6. The number of halogens is 4. The van der Waals surface area contributed by atoms with E-state index >= 15 is 0 Å². The highest BCUT2D eigenvalue weighted by atomic mass is 19.4. The molecule has 0 aliphatic heterocycles. The lowest BCUT2D eigenvalue weighted by molar-refractivity contribution is -0.147. The molecule has 0 spiro atoms. The molecule has 3 aromatic carbocycles. The monoisotopic (exact) mass is 720 g/mol. The molecule has 274 valence electrons. The van der Waals surface area contributed by atoms with Crippen molar-refractivity contribution in [3.8, 4) is 5.75 Å². The molecule has 4 aliphatic carbocycles. The fourth-order valence-corrected chi connectivity index (χ4v) is 7.74. The number of alkyl halides is 3. The molecule has 3 aromatic rings. The topological polar surface area (TPSA) is 103 Å². The molecule has 7 rings (SSSR count). The summed E-state index contributed by atoms with van der Waals surface area (Å²) in [5.74, 6) is -3.09. The Morgan fingerprint density at radius 3 is 2.40 bits per heavy atom. The molecule has 2 amide bonds. The molecule has 0 aromatic heterocycles. The Bertz CT molecular complexity index is 1860. The third kappa shape index (κ3) is 7.86. The summed E-state index contributed by atoms with van der Waals surface area (Å²) < 4.78 is 71.1. The van der Waals surface area contributed by atoms with Crippen LogP contribution in [0.3, 0.4) is 0 Å². The van der Waals surface area contributed by atoms with Crippen molar-refractivity contribution in [3.63, 3.8) is 0 Å². The molecular formula is C40H40F4N2O6. The van der Waals surface area contributed by atoms with Gasteiger partial charge in [0.25, 0.3) is 5.91 Å². The molecule has 2 N–H and O–H groups in total. The smallest absolute Gasteiger partial charge is 0.419 e. The van der Waals surface area contributed by atoms with E-state index in [1.54, 1.807) is 18.2 Å². The lowest BCUT2D eigenvalue weighted by atomic mass is 9.83. The van der Waals surface area contributed by atoms with Crippen molar-refractivity contribution >= 4 is 23.5 Å². The minimum atomic E-state index is -4.93. The van der Waals surface area contributed by atoms with Crippen LogP contribution in [0.4, 0.5) is 23.2 Å². The number of carbonyl (C=O) groups excluding carboxylic acids is 3. The number of methoxy groups -OCH3 is 1. The van der Waals surface area contributed by atoms with E-state index in [1.807, 2.05) is 30.3 Å². The lowest BCUT2D eigenvalue weighted by Crippen LogP contribution is -2.48. The molecule has 52 heavy (non-hydrogen) atoms. The number of esters is 1. The average Bonchev–Trinajstić information content (AvgIpc) is 4.05. The Balaban J connectivity index is 1.01. The predicted molar refractivity (Wildman–Crippen MR) is 182 cm³/mol. The summed E-state index contributed by atoms with van der Waals surface area (Å²) in [7, 11) is 1.45. The summed E-state index contributed by atoms with van der Waals surface area (Å²) in [6.07, 6.45) is 1.55. The first-order chi connectivity index (χ1) is 25.0. The number of hydrogen-bond donors (Lipinski definition) is 2. The van der Waals surface area contributed by atoms with Crippen LogP contribution in [0.5, 0.6) is 5.75 Å². The molecule has 8 nitrogen and oxygen atoms in total. The van der Waals surface area contributed by atoms with E-state index in [-0.39, 0.29) is 54.1 Å². The molecule has 4 aliphatic rings. The molecule has 0 unspecified atom stereocenters. The van der Waals surface area contributed by atoms with Gasteiger partial charge in [0.2, 0.25) is 5.91 Å². The Kier molecular flexibility index (Phi) is 10.1. The normalized spacial score (nSPS) is 25.5. The van der Waals surface area contributed by atoms with Crippen molar-refractivity contribution < 1.29 is 46.2 Å². The molecule has 12 heteroatoms. The first-order valence-corrected chi connectivity index (χ1v) is 17.7. The van der Waals surface area contributed by atoms with Crippen LogP contribution in [-0.2, 0) is 38.5 Å². The quantitative estimate of drug-likeness (QED) is 0.108. The van der Waals surface area contributed by atoms with Gasteiger partial charge in [-0.2, -0.15) is 13.2 Å². The van der Waals surface area contributed by atoms with E-state index in [0.29, 0.717) is 48.8 Å². The van der Waals surface area contributed by atoms with Crippen LogP contribution in [0, 0.1) is 41.3 Å². The van der Waals surface area contributed by atoms with E-state index in [9.17, 15) is 31.9 Å². The van der Waals surface area contributed by atoms with Gasteiger partial charge >= 0.3 is 12.1 Å². The molecule has 6 atom stereocenters. The van der Waals surface area contributed by atoms with Crippen molar-refractivity contribution in [2.75, 3.05) is 19.0 Å². The summed E-state index contributed by atoms with van der Waals surface area (Å²) in [4.78, 5) is 40.2. The van der Waals surface area contributed by atoms with Crippen molar-refractivity contribution in [3.05, 3.63) is 106 Å². The van der Waals surface area contributed by atoms with E-state index in [2.05, 4.69) is 16.7 Å². The van der Waals surface area contributed by atoms with Gasteiger partial charge in [-0.05, 0) is 91.3 Å². The number of rotatable bonds is 13. The van der Waals surface area contributed by atoms with Gasteiger partial charge in [0.1, 0.15) is 18.2 Å². The maximum atomic E-state index is 14.0. The van der Waals surface area contributed by atoms with Gasteiger partial charge in [0.15, 0.2) is 0 Å². The highest BCUT2D eigenvalue weighted by Crippen LogP contribution is 2.54. The third-order valence-corrected chi connectivity index (χ3v) is 10.6. The second kappa shape index (κ2) is 14.7. The van der Waals surface area contributed by atoms with Crippen LogP contribution in [-0.4, -0.2) is 37.5 Å². The number of fused-ring (bicyclic) bond motifs is 2. The van der Waals surface area contributed by atoms with Gasteiger partial charge in [0, 0.05) is 17.6 Å². The van der Waals surface area contributed by atoms with Crippen molar-refractivity contribution in [2.24, 2.45) is 35.5 Å². The lowest BCUT2D eigenvalue weighted by Gasteiger charge is -2.30. The first kappa shape index (κ1) is 35.7.